The average molecular weight is 347 g/mol. The second-order valence-electron chi connectivity index (χ2n) is 6.80. The number of aromatic nitrogens is 2. The number of benzene rings is 2. The smallest absolute Gasteiger partial charge is 0.274 e. The van der Waals surface area contributed by atoms with E-state index in [2.05, 4.69) is 29.4 Å². The molecule has 0 bridgehead atoms. The molecule has 0 N–H and O–H groups in total. The lowest BCUT2D eigenvalue weighted by atomic mass is 9.89. The third-order valence-corrected chi connectivity index (χ3v) is 5.21. The highest BCUT2D eigenvalue weighted by Crippen LogP contribution is 2.28. The highest BCUT2D eigenvalue weighted by molar-refractivity contribution is 6.04. The number of fused-ring (bicyclic) bond motifs is 1. The zero-order valence-corrected chi connectivity index (χ0v) is 14.8. The molecule has 0 radical (unpaired) electrons. The number of rotatable bonds is 2. The molecule has 0 atom stereocenters. The summed E-state index contributed by atoms with van der Waals surface area (Å²) in [5, 5.41) is 5.43. The summed E-state index contributed by atoms with van der Waals surface area (Å²) in [6.07, 6.45) is 1.89. The minimum atomic E-state index is -0.181. The van der Waals surface area contributed by atoms with Crippen molar-refractivity contribution in [2.24, 2.45) is 7.05 Å². The first-order valence-electron chi connectivity index (χ1n) is 8.95. The van der Waals surface area contributed by atoms with Crippen molar-refractivity contribution in [3.63, 3.8) is 0 Å². The van der Waals surface area contributed by atoms with Crippen LogP contribution in [0.4, 0.5) is 0 Å². The Hall–Kier alpha value is -2.95. The summed E-state index contributed by atoms with van der Waals surface area (Å²) in [5.41, 5.74) is 1.52. The molecule has 132 valence electrons. The fourth-order valence-electron chi connectivity index (χ4n) is 3.75. The lowest BCUT2D eigenvalue weighted by molar-refractivity contribution is 0.0707. The van der Waals surface area contributed by atoms with Gasteiger partial charge in [0.1, 0.15) is 0 Å². The van der Waals surface area contributed by atoms with Gasteiger partial charge in [0, 0.05) is 25.5 Å². The summed E-state index contributed by atoms with van der Waals surface area (Å²) in [6.45, 7) is 1.41. The number of aryl methyl sites for hydroxylation is 1. The normalized spacial score (nSPS) is 15.3. The molecule has 3 aromatic rings. The van der Waals surface area contributed by atoms with Crippen molar-refractivity contribution in [3.05, 3.63) is 76.2 Å². The van der Waals surface area contributed by atoms with Gasteiger partial charge < -0.3 is 4.90 Å². The standard InChI is InChI=1S/C21H21N3O2/c1-23-20(25)18-10-6-5-9-17(18)19(22-23)21(26)24-13-11-16(12-14-24)15-7-3-2-4-8-15/h2-10,16H,11-14H2,1H3. The Kier molecular flexibility index (Phi) is 4.29. The molecule has 1 fully saturated rings. The van der Waals surface area contributed by atoms with Crippen LogP contribution in [0.25, 0.3) is 10.8 Å². The van der Waals surface area contributed by atoms with E-state index in [4.69, 9.17) is 0 Å². The third-order valence-electron chi connectivity index (χ3n) is 5.21. The van der Waals surface area contributed by atoms with Gasteiger partial charge in [-0.3, -0.25) is 9.59 Å². The van der Waals surface area contributed by atoms with Crippen LogP contribution in [0.15, 0.2) is 59.4 Å². The molecule has 5 nitrogen and oxygen atoms in total. The lowest BCUT2D eigenvalue weighted by Crippen LogP contribution is -2.39. The van der Waals surface area contributed by atoms with Gasteiger partial charge >= 0.3 is 0 Å². The number of carbonyl (C=O) groups excluding carboxylic acids is 1. The van der Waals surface area contributed by atoms with Crippen LogP contribution in [0.2, 0.25) is 0 Å². The summed E-state index contributed by atoms with van der Waals surface area (Å²) in [5.74, 6) is 0.397. The van der Waals surface area contributed by atoms with Crippen LogP contribution in [-0.2, 0) is 7.05 Å². The molecule has 1 aliphatic rings. The van der Waals surface area contributed by atoms with Crippen LogP contribution in [0.3, 0.4) is 0 Å². The Morgan fingerprint density at radius 2 is 1.58 bits per heavy atom. The van der Waals surface area contributed by atoms with Crippen LogP contribution in [-0.4, -0.2) is 33.7 Å². The molecule has 0 aliphatic carbocycles. The first-order valence-corrected chi connectivity index (χ1v) is 8.95. The molecule has 0 spiro atoms. The molecule has 1 saturated heterocycles. The first kappa shape index (κ1) is 16.5. The van der Waals surface area contributed by atoms with Crippen molar-refractivity contribution >= 4 is 16.7 Å². The minimum absolute atomic E-state index is 0.0942. The van der Waals surface area contributed by atoms with Crippen molar-refractivity contribution in [2.45, 2.75) is 18.8 Å². The van der Waals surface area contributed by atoms with E-state index in [1.807, 2.05) is 23.1 Å². The molecule has 1 aromatic heterocycles. The van der Waals surface area contributed by atoms with Crippen molar-refractivity contribution in [1.29, 1.82) is 0 Å². The number of carbonyl (C=O) groups is 1. The van der Waals surface area contributed by atoms with Crippen LogP contribution >= 0.6 is 0 Å². The number of hydrogen-bond donors (Lipinski definition) is 0. The molecule has 26 heavy (non-hydrogen) atoms. The molecule has 0 unspecified atom stereocenters. The monoisotopic (exact) mass is 347 g/mol. The summed E-state index contributed by atoms with van der Waals surface area (Å²) < 4.78 is 1.26. The van der Waals surface area contributed by atoms with Gasteiger partial charge in [-0.1, -0.05) is 48.5 Å². The van der Waals surface area contributed by atoms with Gasteiger partial charge in [-0.15, -0.1) is 0 Å². The molecule has 2 aromatic carbocycles. The Morgan fingerprint density at radius 1 is 0.962 bits per heavy atom. The maximum Gasteiger partial charge on any atom is 0.274 e. The van der Waals surface area contributed by atoms with Crippen molar-refractivity contribution in [2.75, 3.05) is 13.1 Å². The van der Waals surface area contributed by atoms with Crippen LogP contribution in [0.1, 0.15) is 34.8 Å². The van der Waals surface area contributed by atoms with E-state index in [9.17, 15) is 9.59 Å². The highest BCUT2D eigenvalue weighted by atomic mass is 16.2. The Bertz CT molecular complexity index is 1000. The summed E-state index contributed by atoms with van der Waals surface area (Å²) in [6, 6.07) is 17.7. The third kappa shape index (κ3) is 2.90. The first-order chi connectivity index (χ1) is 12.6. The zero-order valence-electron chi connectivity index (χ0n) is 14.8. The summed E-state index contributed by atoms with van der Waals surface area (Å²) >= 11 is 0. The fourth-order valence-corrected chi connectivity index (χ4v) is 3.75. The van der Waals surface area contributed by atoms with Crippen LogP contribution in [0.5, 0.6) is 0 Å². The maximum atomic E-state index is 13.1. The Morgan fingerprint density at radius 3 is 2.27 bits per heavy atom. The van der Waals surface area contributed by atoms with Crippen LogP contribution in [0, 0.1) is 0 Å². The summed E-state index contributed by atoms with van der Waals surface area (Å²) in [4.78, 5) is 27.2. The number of nitrogens with zero attached hydrogens (tertiary/aromatic N) is 3. The van der Waals surface area contributed by atoms with Gasteiger partial charge in [0.15, 0.2) is 5.69 Å². The van der Waals surface area contributed by atoms with Gasteiger partial charge in [-0.2, -0.15) is 5.10 Å². The average Bonchev–Trinajstić information content (AvgIpc) is 2.71. The largest absolute Gasteiger partial charge is 0.337 e. The maximum absolute atomic E-state index is 13.1. The number of amides is 1. The second kappa shape index (κ2) is 6.75. The lowest BCUT2D eigenvalue weighted by Gasteiger charge is -2.32. The quantitative estimate of drug-likeness (QED) is 0.716. The van der Waals surface area contributed by atoms with E-state index < -0.39 is 0 Å². The van der Waals surface area contributed by atoms with E-state index in [0.29, 0.717) is 35.5 Å². The molecule has 1 amide bonds. The zero-order chi connectivity index (χ0) is 18.1. The van der Waals surface area contributed by atoms with Gasteiger partial charge in [0.05, 0.1) is 5.39 Å². The van der Waals surface area contributed by atoms with E-state index in [1.165, 1.54) is 10.2 Å². The predicted octanol–water partition coefficient (Wildman–Crippen LogP) is 2.95. The van der Waals surface area contributed by atoms with E-state index >= 15 is 0 Å². The van der Waals surface area contributed by atoms with Gasteiger partial charge in [-0.05, 0) is 30.4 Å². The molecule has 1 aliphatic heterocycles. The Balaban J connectivity index is 1.59. The Labute approximate surface area is 151 Å². The van der Waals surface area contributed by atoms with Gasteiger partial charge in [0.2, 0.25) is 0 Å². The predicted molar refractivity (Wildman–Crippen MR) is 101 cm³/mol. The number of likely N-dealkylation sites (tertiary alicyclic amines) is 1. The van der Waals surface area contributed by atoms with E-state index in [-0.39, 0.29) is 11.5 Å². The molecular weight excluding hydrogens is 326 g/mol. The van der Waals surface area contributed by atoms with Crippen LogP contribution < -0.4 is 5.56 Å². The summed E-state index contributed by atoms with van der Waals surface area (Å²) in [7, 11) is 1.59. The van der Waals surface area contributed by atoms with Crippen molar-refractivity contribution in [3.8, 4) is 0 Å². The van der Waals surface area contributed by atoms with Gasteiger partial charge in [-0.25, -0.2) is 4.68 Å². The van der Waals surface area contributed by atoms with Crippen molar-refractivity contribution < 1.29 is 4.79 Å². The highest BCUT2D eigenvalue weighted by Gasteiger charge is 2.27. The van der Waals surface area contributed by atoms with Crippen molar-refractivity contribution in [1.82, 2.24) is 14.7 Å². The topological polar surface area (TPSA) is 55.2 Å². The number of hydrogen-bond acceptors (Lipinski definition) is 3. The second-order valence-corrected chi connectivity index (χ2v) is 6.80. The molecular formula is C21H21N3O2. The van der Waals surface area contributed by atoms with Gasteiger partial charge in [0.25, 0.3) is 11.5 Å². The van der Waals surface area contributed by atoms with E-state index in [0.717, 1.165) is 12.8 Å². The van der Waals surface area contributed by atoms with E-state index in [1.54, 1.807) is 19.2 Å². The minimum Gasteiger partial charge on any atom is -0.337 e. The SMILES string of the molecule is Cn1nc(C(=O)N2CCC(c3ccccc3)CC2)c2ccccc2c1=O. The molecule has 2 heterocycles. The molecule has 5 heteroatoms. The molecule has 0 saturated carbocycles. The molecule has 4 rings (SSSR count). The fraction of sp³-hybridized carbons (Fsp3) is 0.286. The number of piperidine rings is 1.